The lowest BCUT2D eigenvalue weighted by Crippen LogP contribution is -2.43. The molecule has 0 spiro atoms. The molecule has 0 unspecified atom stereocenters. The highest BCUT2D eigenvalue weighted by molar-refractivity contribution is 6.12. The molecule has 37 heavy (non-hydrogen) atoms. The molecule has 0 saturated heterocycles. The van der Waals surface area contributed by atoms with Crippen molar-refractivity contribution in [3.05, 3.63) is 83.2 Å². The van der Waals surface area contributed by atoms with Crippen molar-refractivity contribution < 1.29 is 23.6 Å². The van der Waals surface area contributed by atoms with Gasteiger partial charge in [-0.15, -0.1) is 0 Å². The highest BCUT2D eigenvalue weighted by Crippen LogP contribution is 2.37. The first-order valence-corrected chi connectivity index (χ1v) is 11.8. The molecule has 1 saturated carbocycles. The third kappa shape index (κ3) is 4.40. The van der Waals surface area contributed by atoms with E-state index in [4.69, 9.17) is 15.4 Å². The van der Waals surface area contributed by atoms with Crippen LogP contribution in [-0.2, 0) is 0 Å². The van der Waals surface area contributed by atoms with E-state index in [-0.39, 0.29) is 29.6 Å². The minimum Gasteiger partial charge on any atom is -0.455 e. The summed E-state index contributed by atoms with van der Waals surface area (Å²) in [7, 11) is 1.53. The summed E-state index contributed by atoms with van der Waals surface area (Å²) in [5.41, 5.74) is 10.1. The summed E-state index contributed by atoms with van der Waals surface area (Å²) in [6.07, 6.45) is 1.58. The van der Waals surface area contributed by atoms with Crippen molar-refractivity contribution in [3.8, 4) is 22.5 Å². The molecule has 0 bridgehead atoms. The van der Waals surface area contributed by atoms with Gasteiger partial charge in [-0.25, -0.2) is 4.39 Å². The van der Waals surface area contributed by atoms with Crippen LogP contribution in [0.5, 0.6) is 0 Å². The highest BCUT2D eigenvalue weighted by atomic mass is 19.1. The van der Waals surface area contributed by atoms with Crippen molar-refractivity contribution >= 4 is 28.7 Å². The van der Waals surface area contributed by atoms with Crippen LogP contribution in [-0.4, -0.2) is 41.0 Å². The first-order chi connectivity index (χ1) is 17.8. The van der Waals surface area contributed by atoms with Crippen LogP contribution in [0.1, 0.15) is 39.1 Å². The van der Waals surface area contributed by atoms with Crippen LogP contribution in [0.15, 0.2) is 70.2 Å². The Kier molecular flexibility index (Phi) is 6.12. The van der Waals surface area contributed by atoms with Gasteiger partial charge >= 0.3 is 0 Å². The van der Waals surface area contributed by atoms with Crippen LogP contribution in [0.25, 0.3) is 33.4 Å². The fraction of sp³-hybridized carbons (Fsp3) is 0.179. The quantitative estimate of drug-likeness (QED) is 0.156. The molecule has 1 aromatic heterocycles. The zero-order valence-corrected chi connectivity index (χ0v) is 20.3. The molecule has 1 aliphatic carbocycles. The molecule has 2 amide bonds. The summed E-state index contributed by atoms with van der Waals surface area (Å²) in [6.45, 7) is 1.93. The second kappa shape index (κ2) is 9.42. The molecule has 5 rings (SSSR count). The lowest BCUT2D eigenvalue weighted by Gasteiger charge is -2.20. The number of nitrogens with two attached hydrogens (primary N) is 1. The molecule has 1 fully saturated rings. The lowest BCUT2D eigenvalue weighted by atomic mass is 9.95. The first kappa shape index (κ1) is 24.1. The maximum Gasteiger partial charge on any atom is 0.260 e. The van der Waals surface area contributed by atoms with Crippen LogP contribution >= 0.6 is 0 Å². The maximum absolute atomic E-state index is 13.5. The number of oxime groups is 1. The monoisotopic (exact) mass is 500 g/mol. The Labute approximate surface area is 212 Å². The van der Waals surface area contributed by atoms with Crippen molar-refractivity contribution in [2.45, 2.75) is 25.8 Å². The third-order valence-electron chi connectivity index (χ3n) is 6.52. The molecule has 1 heterocycles. The molecule has 9 heteroatoms. The van der Waals surface area contributed by atoms with E-state index < -0.39 is 0 Å². The van der Waals surface area contributed by atoms with E-state index in [0.717, 1.165) is 29.5 Å². The number of nitrogens with zero attached hydrogens (tertiary/aromatic N) is 2. The summed E-state index contributed by atoms with van der Waals surface area (Å²) in [6, 6.07) is 16.4. The number of furan rings is 1. The molecule has 188 valence electrons. The molecule has 3 aromatic carbocycles. The molecule has 0 atom stereocenters. The van der Waals surface area contributed by atoms with Crippen molar-refractivity contribution in [2.24, 2.45) is 10.9 Å². The zero-order chi connectivity index (χ0) is 26.3. The summed E-state index contributed by atoms with van der Waals surface area (Å²) < 4.78 is 19.5. The van der Waals surface area contributed by atoms with Gasteiger partial charge in [0, 0.05) is 29.6 Å². The highest BCUT2D eigenvalue weighted by Gasteiger charge is 2.36. The Morgan fingerprint density at radius 2 is 1.78 bits per heavy atom. The minimum atomic E-state index is -0.388. The standard InChI is InChI=1S/C28H25FN4O4/c1-15-3-4-18(27(35)33(20-10-11-20)28(30)32-36)14-21(15)17-7-12-23-22(13-17)24(26(34)31-2)25(37-23)16-5-8-19(29)9-6-16/h3-9,12-14,20,36H,10-11H2,1-2H3,(H2,30,32)(H,31,34). The van der Waals surface area contributed by atoms with Gasteiger partial charge in [0.1, 0.15) is 17.2 Å². The fourth-order valence-electron chi connectivity index (χ4n) is 4.46. The van der Waals surface area contributed by atoms with Crippen LogP contribution in [0.2, 0.25) is 0 Å². The number of nitrogens with one attached hydrogen (secondary N) is 1. The Morgan fingerprint density at radius 1 is 1.08 bits per heavy atom. The number of halogens is 1. The Hall–Kier alpha value is -4.66. The summed E-state index contributed by atoms with van der Waals surface area (Å²) in [5, 5.41) is 15.4. The van der Waals surface area contributed by atoms with E-state index in [1.54, 1.807) is 30.3 Å². The topological polar surface area (TPSA) is 121 Å². The molecule has 4 N–H and O–H groups in total. The Bertz CT molecular complexity index is 1550. The number of benzene rings is 3. The van der Waals surface area contributed by atoms with Crippen LogP contribution < -0.4 is 11.1 Å². The van der Waals surface area contributed by atoms with Crippen molar-refractivity contribution in [1.29, 1.82) is 0 Å². The predicted molar refractivity (Wildman–Crippen MR) is 138 cm³/mol. The number of amides is 2. The van der Waals surface area contributed by atoms with Crippen LogP contribution in [0.4, 0.5) is 4.39 Å². The Balaban J connectivity index is 1.62. The van der Waals surface area contributed by atoms with Crippen molar-refractivity contribution in [1.82, 2.24) is 10.2 Å². The van der Waals surface area contributed by atoms with E-state index in [1.165, 1.54) is 24.1 Å². The van der Waals surface area contributed by atoms with Crippen LogP contribution in [0.3, 0.4) is 0 Å². The molecule has 8 nitrogen and oxygen atoms in total. The minimum absolute atomic E-state index is 0.0876. The van der Waals surface area contributed by atoms with Gasteiger partial charge < -0.3 is 20.7 Å². The van der Waals surface area contributed by atoms with E-state index >= 15 is 0 Å². The SMILES string of the molecule is CNC(=O)c1c(-c2ccc(F)cc2)oc2ccc(-c3cc(C(=O)N(C(N)=NO)C4CC4)ccc3C)cc12. The van der Waals surface area contributed by atoms with Gasteiger partial charge in [-0.2, -0.15) is 0 Å². The number of carbonyl (C=O) groups is 2. The second-order valence-electron chi connectivity index (χ2n) is 9.00. The zero-order valence-electron chi connectivity index (χ0n) is 20.3. The molecular weight excluding hydrogens is 475 g/mol. The van der Waals surface area contributed by atoms with E-state index in [0.29, 0.717) is 33.4 Å². The molecule has 0 radical (unpaired) electrons. The summed E-state index contributed by atoms with van der Waals surface area (Å²) >= 11 is 0. The van der Waals surface area contributed by atoms with Gasteiger partial charge in [-0.05, 0) is 85.0 Å². The van der Waals surface area contributed by atoms with Crippen molar-refractivity contribution in [2.75, 3.05) is 7.05 Å². The van der Waals surface area contributed by atoms with Gasteiger partial charge in [0.2, 0.25) is 5.96 Å². The summed E-state index contributed by atoms with van der Waals surface area (Å²) in [5.74, 6) is -0.979. The molecule has 0 aliphatic heterocycles. The number of fused-ring (bicyclic) bond motifs is 1. The van der Waals surface area contributed by atoms with Gasteiger partial charge in [0.15, 0.2) is 0 Å². The number of hydrogen-bond donors (Lipinski definition) is 3. The maximum atomic E-state index is 13.5. The number of aryl methyl sites for hydroxylation is 1. The normalized spacial score (nSPS) is 13.5. The van der Waals surface area contributed by atoms with Gasteiger partial charge in [-0.1, -0.05) is 17.3 Å². The number of hydrogen-bond acceptors (Lipinski definition) is 5. The summed E-state index contributed by atoms with van der Waals surface area (Å²) in [4.78, 5) is 27.5. The van der Waals surface area contributed by atoms with E-state index in [1.807, 2.05) is 25.1 Å². The van der Waals surface area contributed by atoms with Gasteiger partial charge in [0.05, 0.1) is 5.56 Å². The molecular formula is C28H25FN4O4. The number of rotatable bonds is 5. The van der Waals surface area contributed by atoms with E-state index in [9.17, 15) is 14.0 Å². The number of carbonyl (C=O) groups excluding carboxylic acids is 2. The molecule has 4 aromatic rings. The Morgan fingerprint density at radius 3 is 2.43 bits per heavy atom. The predicted octanol–water partition coefficient (Wildman–Crippen LogP) is 4.88. The smallest absolute Gasteiger partial charge is 0.260 e. The van der Waals surface area contributed by atoms with Gasteiger partial charge in [-0.3, -0.25) is 14.5 Å². The average molecular weight is 501 g/mol. The fourth-order valence-corrected chi connectivity index (χ4v) is 4.46. The van der Waals surface area contributed by atoms with Crippen molar-refractivity contribution in [3.63, 3.8) is 0 Å². The lowest BCUT2D eigenvalue weighted by molar-refractivity contribution is 0.0832. The number of guanidine groups is 1. The van der Waals surface area contributed by atoms with Crippen LogP contribution in [0, 0.1) is 12.7 Å². The van der Waals surface area contributed by atoms with E-state index in [2.05, 4.69) is 10.5 Å². The third-order valence-corrected chi connectivity index (χ3v) is 6.52. The largest absolute Gasteiger partial charge is 0.455 e. The first-order valence-electron chi connectivity index (χ1n) is 11.8. The average Bonchev–Trinajstić information content (AvgIpc) is 3.67. The van der Waals surface area contributed by atoms with Gasteiger partial charge in [0.25, 0.3) is 11.8 Å². The second-order valence-corrected chi connectivity index (χ2v) is 9.00. The molecule has 1 aliphatic rings.